The van der Waals surface area contributed by atoms with E-state index in [1.165, 1.54) is 23.4 Å². The number of allylic oxidation sites excluding steroid dienone is 1. The van der Waals surface area contributed by atoms with Crippen LogP contribution >= 0.6 is 11.8 Å². The summed E-state index contributed by atoms with van der Waals surface area (Å²) in [6.07, 6.45) is 0.924. The Hall–Kier alpha value is -3.91. The van der Waals surface area contributed by atoms with E-state index in [1.54, 1.807) is 16.8 Å². The smallest absolute Gasteiger partial charge is 0.255 e. The lowest BCUT2D eigenvalue weighted by molar-refractivity contribution is -0.113. The number of aromatic nitrogens is 3. The lowest BCUT2D eigenvalue weighted by atomic mass is 9.94. The Balaban J connectivity index is 1.50. The lowest BCUT2D eigenvalue weighted by Gasteiger charge is -2.28. The van der Waals surface area contributed by atoms with Gasteiger partial charge in [-0.3, -0.25) is 4.79 Å². The number of rotatable bonds is 7. The first-order valence-electron chi connectivity index (χ1n) is 12.2. The van der Waals surface area contributed by atoms with Crippen LogP contribution in [0.3, 0.4) is 0 Å². The van der Waals surface area contributed by atoms with Crippen molar-refractivity contribution in [3.05, 3.63) is 112 Å². The van der Waals surface area contributed by atoms with E-state index >= 15 is 0 Å². The van der Waals surface area contributed by atoms with Crippen molar-refractivity contribution in [2.45, 2.75) is 44.1 Å². The molecule has 1 amide bonds. The molecule has 6 nitrogen and oxygen atoms in total. The number of carbonyl (C=O) groups excluding carboxylic acids is 1. The quantitative estimate of drug-likeness (QED) is 0.276. The van der Waals surface area contributed by atoms with Crippen molar-refractivity contribution < 1.29 is 9.18 Å². The highest BCUT2D eigenvalue weighted by Crippen LogP contribution is 2.37. The van der Waals surface area contributed by atoms with Crippen molar-refractivity contribution >= 4 is 29.3 Å². The first-order chi connectivity index (χ1) is 17.9. The van der Waals surface area contributed by atoms with Crippen molar-refractivity contribution in [2.24, 2.45) is 0 Å². The summed E-state index contributed by atoms with van der Waals surface area (Å²) >= 11 is 1.36. The Morgan fingerprint density at radius 3 is 2.59 bits per heavy atom. The van der Waals surface area contributed by atoms with Crippen LogP contribution in [0.5, 0.6) is 0 Å². The number of hydrogen-bond acceptors (Lipinski definition) is 5. The summed E-state index contributed by atoms with van der Waals surface area (Å²) in [5, 5.41) is 11.6. The molecule has 0 spiro atoms. The predicted octanol–water partition coefficient (Wildman–Crippen LogP) is 6.51. The van der Waals surface area contributed by atoms with Crippen LogP contribution in [-0.2, 0) is 17.0 Å². The highest BCUT2D eigenvalue weighted by atomic mass is 32.2. The molecule has 1 aromatic heterocycles. The topological polar surface area (TPSA) is 71.8 Å². The standard InChI is InChI=1S/C29H28FN5OS/c1-4-20-12-14-21(15-13-20)26-25(27(36)32-23-10-7-8-18(2)16-23)19(3)31-28-33-29(34-35(26)28)37-17-22-9-5-6-11-24(22)30/h5-16,26H,4,17H2,1-3H3,(H,32,36)(H,31,33,34). The first-order valence-corrected chi connectivity index (χ1v) is 13.2. The average Bonchev–Trinajstić information content (AvgIpc) is 3.29. The van der Waals surface area contributed by atoms with Gasteiger partial charge >= 0.3 is 0 Å². The van der Waals surface area contributed by atoms with E-state index in [-0.39, 0.29) is 11.7 Å². The summed E-state index contributed by atoms with van der Waals surface area (Å²) in [5.74, 6) is 0.490. The van der Waals surface area contributed by atoms with Gasteiger partial charge in [-0.15, -0.1) is 5.10 Å². The van der Waals surface area contributed by atoms with Gasteiger partial charge in [-0.1, -0.05) is 73.3 Å². The van der Waals surface area contributed by atoms with E-state index in [4.69, 9.17) is 5.10 Å². The van der Waals surface area contributed by atoms with Crippen LogP contribution < -0.4 is 10.6 Å². The van der Waals surface area contributed by atoms with Crippen LogP contribution in [0.4, 0.5) is 16.0 Å². The third-order valence-corrected chi connectivity index (χ3v) is 7.26. The molecule has 0 saturated carbocycles. The number of anilines is 2. The highest BCUT2D eigenvalue weighted by molar-refractivity contribution is 7.98. The first kappa shape index (κ1) is 24.8. The number of hydrogen-bond donors (Lipinski definition) is 2. The summed E-state index contributed by atoms with van der Waals surface area (Å²) in [7, 11) is 0. The van der Waals surface area contributed by atoms with Crippen LogP contribution in [0.1, 0.15) is 42.1 Å². The van der Waals surface area contributed by atoms with Crippen molar-refractivity contribution in [3.8, 4) is 0 Å². The van der Waals surface area contributed by atoms with E-state index in [0.717, 1.165) is 23.2 Å². The van der Waals surface area contributed by atoms with Gasteiger partial charge in [-0.2, -0.15) is 4.98 Å². The van der Waals surface area contributed by atoms with E-state index in [1.807, 2.05) is 56.3 Å². The fourth-order valence-corrected chi connectivity index (χ4v) is 5.22. The Kier molecular flexibility index (Phi) is 7.10. The Labute approximate surface area is 220 Å². The van der Waals surface area contributed by atoms with Crippen LogP contribution in [0.15, 0.2) is 89.2 Å². The van der Waals surface area contributed by atoms with Gasteiger partial charge in [-0.25, -0.2) is 9.07 Å². The number of halogens is 1. The Morgan fingerprint density at radius 2 is 1.86 bits per heavy atom. The number of fused-ring (bicyclic) bond motifs is 1. The van der Waals surface area contributed by atoms with Crippen LogP contribution in [0, 0.1) is 12.7 Å². The minimum Gasteiger partial charge on any atom is -0.328 e. The van der Waals surface area contributed by atoms with Crippen molar-refractivity contribution in [1.82, 2.24) is 14.8 Å². The summed E-state index contributed by atoms with van der Waals surface area (Å²) in [5.41, 5.74) is 5.80. The minimum absolute atomic E-state index is 0.207. The molecule has 1 atom stereocenters. The summed E-state index contributed by atoms with van der Waals surface area (Å²) in [6, 6.07) is 22.2. The Bertz CT molecular complexity index is 1480. The molecule has 188 valence electrons. The van der Waals surface area contributed by atoms with Crippen LogP contribution in [0.25, 0.3) is 0 Å². The molecule has 8 heteroatoms. The number of amides is 1. The SMILES string of the molecule is CCc1ccc(C2C(C(=O)Nc3cccc(C)c3)=C(C)Nc3nc(SCc4ccccc4F)nn32)cc1. The molecule has 0 fully saturated rings. The molecule has 37 heavy (non-hydrogen) atoms. The van der Waals surface area contributed by atoms with Crippen LogP contribution in [-0.4, -0.2) is 20.7 Å². The van der Waals surface area contributed by atoms with Gasteiger partial charge in [0.2, 0.25) is 11.1 Å². The second-order valence-electron chi connectivity index (χ2n) is 9.03. The zero-order valence-electron chi connectivity index (χ0n) is 21.0. The molecule has 0 aliphatic carbocycles. The summed E-state index contributed by atoms with van der Waals surface area (Å²) in [6.45, 7) is 5.98. The van der Waals surface area contributed by atoms with E-state index in [2.05, 4.69) is 34.7 Å². The van der Waals surface area contributed by atoms with E-state index in [0.29, 0.717) is 33.7 Å². The molecule has 0 bridgehead atoms. The molecule has 1 aliphatic rings. The molecule has 5 rings (SSSR count). The number of nitrogens with zero attached hydrogens (tertiary/aromatic N) is 3. The highest BCUT2D eigenvalue weighted by Gasteiger charge is 2.34. The molecule has 0 radical (unpaired) electrons. The maximum atomic E-state index is 14.1. The number of carbonyl (C=O) groups is 1. The molecular weight excluding hydrogens is 485 g/mol. The summed E-state index contributed by atoms with van der Waals surface area (Å²) < 4.78 is 15.9. The minimum atomic E-state index is -0.470. The molecule has 0 saturated heterocycles. The second kappa shape index (κ2) is 10.6. The molecule has 2 heterocycles. The third kappa shape index (κ3) is 5.29. The Morgan fingerprint density at radius 1 is 1.08 bits per heavy atom. The van der Waals surface area contributed by atoms with Gasteiger partial charge in [0.25, 0.3) is 5.91 Å². The zero-order chi connectivity index (χ0) is 25.9. The number of aryl methyl sites for hydroxylation is 2. The number of thioether (sulfide) groups is 1. The number of nitrogens with one attached hydrogen (secondary N) is 2. The van der Waals surface area contributed by atoms with Gasteiger partial charge in [-0.05, 0) is 60.7 Å². The molecule has 1 aliphatic heterocycles. The van der Waals surface area contributed by atoms with E-state index < -0.39 is 6.04 Å². The molecule has 1 unspecified atom stereocenters. The zero-order valence-corrected chi connectivity index (χ0v) is 21.8. The van der Waals surface area contributed by atoms with Crippen LogP contribution in [0.2, 0.25) is 0 Å². The van der Waals surface area contributed by atoms with Gasteiger partial charge in [0.05, 0.1) is 5.57 Å². The number of benzene rings is 3. The van der Waals surface area contributed by atoms with Gasteiger partial charge in [0.15, 0.2) is 0 Å². The average molecular weight is 514 g/mol. The predicted molar refractivity (Wildman–Crippen MR) is 146 cm³/mol. The molecule has 4 aromatic rings. The maximum Gasteiger partial charge on any atom is 0.255 e. The summed E-state index contributed by atoms with van der Waals surface area (Å²) in [4.78, 5) is 18.3. The van der Waals surface area contributed by atoms with Gasteiger partial charge in [0.1, 0.15) is 11.9 Å². The fraction of sp³-hybridized carbons (Fsp3) is 0.207. The largest absolute Gasteiger partial charge is 0.328 e. The van der Waals surface area contributed by atoms with Crippen molar-refractivity contribution in [1.29, 1.82) is 0 Å². The van der Waals surface area contributed by atoms with Crippen molar-refractivity contribution in [3.63, 3.8) is 0 Å². The lowest BCUT2D eigenvalue weighted by Crippen LogP contribution is -2.31. The normalized spacial score (nSPS) is 14.8. The van der Waals surface area contributed by atoms with E-state index in [9.17, 15) is 9.18 Å². The molecular formula is C29H28FN5OS. The monoisotopic (exact) mass is 513 g/mol. The van der Waals surface area contributed by atoms with Gasteiger partial charge < -0.3 is 10.6 Å². The maximum absolute atomic E-state index is 14.1. The fourth-order valence-electron chi connectivity index (χ4n) is 4.41. The van der Waals surface area contributed by atoms with Gasteiger partial charge in [0, 0.05) is 17.1 Å². The molecule has 3 aromatic carbocycles. The third-order valence-electron chi connectivity index (χ3n) is 6.37. The second-order valence-corrected chi connectivity index (χ2v) is 9.97. The van der Waals surface area contributed by atoms with Crippen molar-refractivity contribution in [2.75, 3.05) is 10.6 Å². The molecule has 2 N–H and O–H groups in total.